The third-order valence-corrected chi connectivity index (χ3v) is 5.09. The molecule has 0 unspecified atom stereocenters. The fourth-order valence-corrected chi connectivity index (χ4v) is 3.69. The molecule has 1 aliphatic heterocycles. The summed E-state index contributed by atoms with van der Waals surface area (Å²) in [6, 6.07) is 15.3. The van der Waals surface area contributed by atoms with E-state index >= 15 is 0 Å². The first-order valence-corrected chi connectivity index (χ1v) is 9.29. The summed E-state index contributed by atoms with van der Waals surface area (Å²) in [6.07, 6.45) is 0. The SMILES string of the molecule is O=C(CN[C@@H](c1ccc(F)cc1)c1cccs1)Nc1ccc2c(c1)OCO2. The summed E-state index contributed by atoms with van der Waals surface area (Å²) in [5, 5.41) is 8.06. The van der Waals surface area contributed by atoms with Crippen molar-refractivity contribution in [1.82, 2.24) is 5.32 Å². The lowest BCUT2D eigenvalue weighted by Gasteiger charge is -2.18. The minimum Gasteiger partial charge on any atom is -0.454 e. The number of carbonyl (C=O) groups is 1. The maximum Gasteiger partial charge on any atom is 0.238 e. The van der Waals surface area contributed by atoms with Crippen LogP contribution in [0, 0.1) is 5.82 Å². The topological polar surface area (TPSA) is 59.6 Å². The highest BCUT2D eigenvalue weighted by molar-refractivity contribution is 7.10. The molecule has 1 amide bonds. The zero-order chi connectivity index (χ0) is 18.6. The Morgan fingerprint density at radius 2 is 1.93 bits per heavy atom. The fraction of sp³-hybridized carbons (Fsp3) is 0.150. The van der Waals surface area contributed by atoms with Crippen LogP contribution in [-0.4, -0.2) is 19.2 Å². The van der Waals surface area contributed by atoms with Gasteiger partial charge in [0.05, 0.1) is 12.6 Å². The number of carbonyl (C=O) groups excluding carboxylic acids is 1. The Morgan fingerprint density at radius 1 is 1.11 bits per heavy atom. The van der Waals surface area contributed by atoms with Crippen LogP contribution in [0.25, 0.3) is 0 Å². The summed E-state index contributed by atoms with van der Waals surface area (Å²) in [7, 11) is 0. The molecule has 7 heteroatoms. The fourth-order valence-electron chi connectivity index (χ4n) is 2.87. The van der Waals surface area contributed by atoms with E-state index in [4.69, 9.17) is 9.47 Å². The smallest absolute Gasteiger partial charge is 0.238 e. The van der Waals surface area contributed by atoms with Crippen molar-refractivity contribution < 1.29 is 18.7 Å². The summed E-state index contributed by atoms with van der Waals surface area (Å²) >= 11 is 1.58. The second-order valence-corrected chi connectivity index (χ2v) is 6.98. The molecule has 5 nitrogen and oxygen atoms in total. The molecule has 2 heterocycles. The maximum absolute atomic E-state index is 13.2. The first kappa shape index (κ1) is 17.5. The molecule has 0 saturated carbocycles. The van der Waals surface area contributed by atoms with Crippen molar-refractivity contribution in [2.75, 3.05) is 18.7 Å². The Morgan fingerprint density at radius 3 is 2.70 bits per heavy atom. The van der Waals surface area contributed by atoms with E-state index in [1.165, 1.54) is 12.1 Å². The molecule has 4 rings (SSSR count). The van der Waals surface area contributed by atoms with Gasteiger partial charge in [-0.25, -0.2) is 4.39 Å². The number of fused-ring (bicyclic) bond motifs is 1. The molecule has 2 N–H and O–H groups in total. The highest BCUT2D eigenvalue weighted by atomic mass is 32.1. The van der Waals surface area contributed by atoms with Crippen LogP contribution in [0.5, 0.6) is 11.5 Å². The lowest BCUT2D eigenvalue weighted by Crippen LogP contribution is -2.31. The van der Waals surface area contributed by atoms with Gasteiger partial charge in [0.15, 0.2) is 11.5 Å². The number of ether oxygens (including phenoxy) is 2. The normalized spacial score (nSPS) is 13.4. The number of hydrogen-bond donors (Lipinski definition) is 2. The third kappa shape index (κ3) is 4.10. The van der Waals surface area contributed by atoms with Crippen LogP contribution in [0.4, 0.5) is 10.1 Å². The van der Waals surface area contributed by atoms with Crippen LogP contribution in [-0.2, 0) is 4.79 Å². The minimum atomic E-state index is -0.288. The molecule has 3 aromatic rings. The first-order chi connectivity index (χ1) is 13.2. The molecule has 1 aromatic heterocycles. The van der Waals surface area contributed by atoms with Gasteiger partial charge in [0, 0.05) is 16.6 Å². The van der Waals surface area contributed by atoms with Gasteiger partial charge in [-0.2, -0.15) is 0 Å². The average molecular weight is 384 g/mol. The van der Waals surface area contributed by atoms with Gasteiger partial charge in [0.2, 0.25) is 12.7 Å². The molecule has 0 fully saturated rings. The second kappa shape index (κ2) is 7.77. The van der Waals surface area contributed by atoms with E-state index in [1.807, 2.05) is 17.5 Å². The molecule has 0 saturated heterocycles. The minimum absolute atomic E-state index is 0.106. The van der Waals surface area contributed by atoms with E-state index in [1.54, 1.807) is 41.7 Å². The van der Waals surface area contributed by atoms with Gasteiger partial charge in [0.1, 0.15) is 5.82 Å². The van der Waals surface area contributed by atoms with E-state index in [-0.39, 0.29) is 31.1 Å². The zero-order valence-corrected chi connectivity index (χ0v) is 15.1. The van der Waals surface area contributed by atoms with E-state index in [0.717, 1.165) is 10.4 Å². The number of amides is 1. The van der Waals surface area contributed by atoms with Crippen molar-refractivity contribution >= 4 is 22.9 Å². The van der Waals surface area contributed by atoms with E-state index < -0.39 is 0 Å². The van der Waals surface area contributed by atoms with Crippen LogP contribution >= 0.6 is 11.3 Å². The second-order valence-electron chi connectivity index (χ2n) is 6.00. The van der Waals surface area contributed by atoms with Gasteiger partial charge in [-0.15, -0.1) is 11.3 Å². The number of anilines is 1. The molecule has 2 aromatic carbocycles. The number of rotatable bonds is 6. The molecule has 0 spiro atoms. The quantitative estimate of drug-likeness (QED) is 0.676. The van der Waals surface area contributed by atoms with E-state index in [2.05, 4.69) is 10.6 Å². The van der Waals surface area contributed by atoms with Crippen LogP contribution in [0.3, 0.4) is 0 Å². The van der Waals surface area contributed by atoms with Crippen molar-refractivity contribution in [2.45, 2.75) is 6.04 Å². The maximum atomic E-state index is 13.2. The molecule has 0 aliphatic carbocycles. The van der Waals surface area contributed by atoms with Crippen LogP contribution in [0.1, 0.15) is 16.5 Å². The molecule has 27 heavy (non-hydrogen) atoms. The largest absolute Gasteiger partial charge is 0.454 e. The van der Waals surface area contributed by atoms with Gasteiger partial charge in [0.25, 0.3) is 0 Å². The number of benzene rings is 2. The van der Waals surface area contributed by atoms with Crippen molar-refractivity contribution in [3.63, 3.8) is 0 Å². The van der Waals surface area contributed by atoms with Crippen LogP contribution < -0.4 is 20.1 Å². The number of thiophene rings is 1. The van der Waals surface area contributed by atoms with Gasteiger partial charge in [-0.3, -0.25) is 10.1 Å². The zero-order valence-electron chi connectivity index (χ0n) is 14.3. The van der Waals surface area contributed by atoms with Crippen molar-refractivity contribution in [2.24, 2.45) is 0 Å². The first-order valence-electron chi connectivity index (χ1n) is 8.41. The van der Waals surface area contributed by atoms with Crippen molar-refractivity contribution in [1.29, 1.82) is 0 Å². The lowest BCUT2D eigenvalue weighted by atomic mass is 10.1. The van der Waals surface area contributed by atoms with Crippen LogP contribution in [0.2, 0.25) is 0 Å². The predicted molar refractivity (Wildman–Crippen MR) is 102 cm³/mol. The van der Waals surface area contributed by atoms with Crippen LogP contribution in [0.15, 0.2) is 60.0 Å². The Balaban J connectivity index is 1.43. The Labute approximate surface area is 159 Å². The molecule has 138 valence electrons. The summed E-state index contributed by atoms with van der Waals surface area (Å²) in [6.45, 7) is 0.294. The lowest BCUT2D eigenvalue weighted by molar-refractivity contribution is -0.115. The van der Waals surface area contributed by atoms with Gasteiger partial charge in [-0.1, -0.05) is 18.2 Å². The summed E-state index contributed by atoms with van der Waals surface area (Å²) in [5.74, 6) is 0.811. The third-order valence-electron chi connectivity index (χ3n) is 4.15. The summed E-state index contributed by atoms with van der Waals surface area (Å²) in [5.41, 5.74) is 1.54. The standard InChI is InChI=1S/C20H17FN2O3S/c21-14-5-3-13(4-6-14)20(18-2-1-9-27-18)22-11-19(24)23-15-7-8-16-17(10-15)26-12-25-16/h1-10,20,22H,11-12H2,(H,23,24)/t20-/m0/s1. The summed E-state index contributed by atoms with van der Waals surface area (Å²) < 4.78 is 23.8. The average Bonchev–Trinajstić information content (AvgIpc) is 3.35. The van der Waals surface area contributed by atoms with E-state index in [0.29, 0.717) is 17.2 Å². The Kier molecular flexibility index (Phi) is 5.04. The molecule has 0 radical (unpaired) electrons. The van der Waals surface area contributed by atoms with E-state index in [9.17, 15) is 9.18 Å². The summed E-state index contributed by atoms with van der Waals surface area (Å²) in [4.78, 5) is 13.4. The van der Waals surface area contributed by atoms with Crippen molar-refractivity contribution in [3.05, 3.63) is 76.2 Å². The van der Waals surface area contributed by atoms with Crippen molar-refractivity contribution in [3.8, 4) is 11.5 Å². The number of halogens is 1. The molecule has 0 bridgehead atoms. The van der Waals surface area contributed by atoms with Gasteiger partial charge >= 0.3 is 0 Å². The number of nitrogens with one attached hydrogen (secondary N) is 2. The Hall–Kier alpha value is -2.90. The van der Waals surface area contributed by atoms with Gasteiger partial charge in [-0.05, 0) is 41.3 Å². The monoisotopic (exact) mass is 384 g/mol. The Bertz CT molecular complexity index is 929. The molecular formula is C20H17FN2O3S. The molecule has 1 aliphatic rings. The predicted octanol–water partition coefficient (Wildman–Crippen LogP) is 3.93. The molecular weight excluding hydrogens is 367 g/mol. The molecule has 1 atom stereocenters. The highest BCUT2D eigenvalue weighted by Gasteiger charge is 2.17. The number of hydrogen-bond acceptors (Lipinski definition) is 5. The van der Waals surface area contributed by atoms with Gasteiger partial charge < -0.3 is 14.8 Å². The highest BCUT2D eigenvalue weighted by Crippen LogP contribution is 2.34.